The van der Waals surface area contributed by atoms with Gasteiger partial charge in [0.05, 0.1) is 9.75 Å². The summed E-state index contributed by atoms with van der Waals surface area (Å²) in [5.41, 5.74) is 3.01. The lowest BCUT2D eigenvalue weighted by atomic mass is 10.3. The average Bonchev–Trinajstić information content (AvgIpc) is 3.27. The van der Waals surface area contributed by atoms with Crippen LogP contribution < -0.4 is 0 Å². The van der Waals surface area contributed by atoms with Gasteiger partial charge in [-0.1, -0.05) is 12.1 Å². The van der Waals surface area contributed by atoms with Crippen molar-refractivity contribution in [1.29, 1.82) is 0 Å². The molecule has 0 unspecified atom stereocenters. The van der Waals surface area contributed by atoms with E-state index in [-0.39, 0.29) is 0 Å². The highest BCUT2D eigenvalue weighted by Gasteiger charge is 2.14. The second-order valence-electron chi connectivity index (χ2n) is 4.78. The number of nitrogens with zero attached hydrogens (tertiary/aromatic N) is 2. The standard InChI is InChI=1S/C16H8N2O2S2/c1-3-13(21-5-1)15-17-9-7-12-10(8-11(9)19-15)18-16(20-12)14-4-2-6-22-14/h1-8H. The lowest BCUT2D eigenvalue weighted by molar-refractivity contribution is 0.619. The number of rotatable bonds is 2. The summed E-state index contributed by atoms with van der Waals surface area (Å²) in [4.78, 5) is 11.1. The number of oxazole rings is 2. The van der Waals surface area contributed by atoms with Gasteiger partial charge in [-0.3, -0.25) is 0 Å². The molecule has 0 aliphatic heterocycles. The van der Waals surface area contributed by atoms with Crippen molar-refractivity contribution in [2.75, 3.05) is 0 Å². The van der Waals surface area contributed by atoms with Crippen molar-refractivity contribution in [3.63, 3.8) is 0 Å². The zero-order valence-electron chi connectivity index (χ0n) is 11.1. The largest absolute Gasteiger partial charge is 0.435 e. The molecule has 0 saturated carbocycles. The Bertz CT molecular complexity index is 938. The van der Waals surface area contributed by atoms with Crippen LogP contribution in [-0.2, 0) is 0 Å². The second-order valence-corrected chi connectivity index (χ2v) is 6.68. The molecule has 4 heterocycles. The molecule has 4 aromatic heterocycles. The predicted octanol–water partition coefficient (Wildman–Crippen LogP) is 5.43. The summed E-state index contributed by atoms with van der Waals surface area (Å²) < 4.78 is 11.7. The Morgan fingerprint density at radius 2 is 1.23 bits per heavy atom. The van der Waals surface area contributed by atoms with Crippen molar-refractivity contribution in [3.8, 4) is 21.5 Å². The third-order valence-electron chi connectivity index (χ3n) is 3.36. The molecule has 6 heteroatoms. The molecule has 0 aliphatic rings. The van der Waals surface area contributed by atoms with Crippen molar-refractivity contribution in [3.05, 3.63) is 47.2 Å². The highest BCUT2D eigenvalue weighted by molar-refractivity contribution is 7.13. The third-order valence-corrected chi connectivity index (χ3v) is 5.08. The van der Waals surface area contributed by atoms with Crippen LogP contribution in [0.1, 0.15) is 0 Å². The van der Waals surface area contributed by atoms with E-state index < -0.39 is 0 Å². The number of aromatic nitrogens is 2. The molecule has 0 spiro atoms. The van der Waals surface area contributed by atoms with Gasteiger partial charge in [-0.15, -0.1) is 22.7 Å². The molecule has 4 nitrogen and oxygen atoms in total. The lowest BCUT2D eigenvalue weighted by Gasteiger charge is -1.85. The minimum absolute atomic E-state index is 0.635. The number of fused-ring (bicyclic) bond motifs is 2. The molecule has 0 aliphatic carbocycles. The van der Waals surface area contributed by atoms with E-state index in [1.807, 2.05) is 47.2 Å². The van der Waals surface area contributed by atoms with Gasteiger partial charge in [0.1, 0.15) is 11.0 Å². The molecule has 106 valence electrons. The van der Waals surface area contributed by atoms with Crippen LogP contribution in [0.2, 0.25) is 0 Å². The van der Waals surface area contributed by atoms with Crippen molar-refractivity contribution in [2.24, 2.45) is 0 Å². The Morgan fingerprint density at radius 3 is 1.64 bits per heavy atom. The number of hydrogen-bond donors (Lipinski definition) is 0. The first-order chi connectivity index (χ1) is 10.9. The molecule has 0 fully saturated rings. The Balaban J connectivity index is 1.69. The van der Waals surface area contributed by atoms with Crippen LogP contribution in [0.3, 0.4) is 0 Å². The van der Waals surface area contributed by atoms with E-state index in [0.29, 0.717) is 11.8 Å². The maximum atomic E-state index is 5.84. The SMILES string of the molecule is c1csc(-c2nc3cc4oc(-c5cccs5)nc4cc3o2)c1. The van der Waals surface area contributed by atoms with Crippen LogP contribution in [-0.4, -0.2) is 9.97 Å². The molecule has 5 rings (SSSR count). The fourth-order valence-corrected chi connectivity index (χ4v) is 3.66. The van der Waals surface area contributed by atoms with E-state index in [2.05, 4.69) is 9.97 Å². The zero-order valence-corrected chi connectivity index (χ0v) is 12.8. The topological polar surface area (TPSA) is 52.1 Å². The van der Waals surface area contributed by atoms with Gasteiger partial charge in [0.2, 0.25) is 11.8 Å². The number of thiophene rings is 2. The molecule has 22 heavy (non-hydrogen) atoms. The van der Waals surface area contributed by atoms with Crippen LogP contribution in [0.4, 0.5) is 0 Å². The first-order valence-corrected chi connectivity index (χ1v) is 8.42. The fourth-order valence-electron chi connectivity index (χ4n) is 2.36. The smallest absolute Gasteiger partial charge is 0.237 e. The van der Waals surface area contributed by atoms with E-state index in [1.165, 1.54) is 0 Å². The second kappa shape index (κ2) is 4.53. The summed E-state index contributed by atoms with van der Waals surface area (Å²) in [6.07, 6.45) is 0. The highest BCUT2D eigenvalue weighted by Crippen LogP contribution is 2.32. The van der Waals surface area contributed by atoms with Crippen molar-refractivity contribution in [1.82, 2.24) is 9.97 Å². The number of hydrogen-bond acceptors (Lipinski definition) is 6. The van der Waals surface area contributed by atoms with Crippen LogP contribution >= 0.6 is 22.7 Å². The monoisotopic (exact) mass is 324 g/mol. The predicted molar refractivity (Wildman–Crippen MR) is 88.2 cm³/mol. The molecule has 5 aromatic rings. The van der Waals surface area contributed by atoms with Gasteiger partial charge in [-0.2, -0.15) is 0 Å². The van der Waals surface area contributed by atoms with Crippen LogP contribution in [0.25, 0.3) is 43.7 Å². The maximum absolute atomic E-state index is 5.84. The normalized spacial score (nSPS) is 11.6. The molecule has 0 radical (unpaired) electrons. The van der Waals surface area contributed by atoms with Crippen LogP contribution in [0.15, 0.2) is 56.0 Å². The van der Waals surface area contributed by atoms with Crippen molar-refractivity contribution >= 4 is 44.9 Å². The first kappa shape index (κ1) is 12.1. The first-order valence-electron chi connectivity index (χ1n) is 6.66. The molecule has 0 bridgehead atoms. The average molecular weight is 324 g/mol. The number of benzene rings is 1. The van der Waals surface area contributed by atoms with Crippen molar-refractivity contribution < 1.29 is 8.83 Å². The van der Waals surface area contributed by atoms with Crippen LogP contribution in [0, 0.1) is 0 Å². The highest BCUT2D eigenvalue weighted by atomic mass is 32.1. The minimum atomic E-state index is 0.635. The molecular formula is C16H8N2O2S2. The van der Waals surface area contributed by atoms with E-state index in [0.717, 1.165) is 32.0 Å². The quantitative estimate of drug-likeness (QED) is 0.435. The summed E-state index contributed by atoms with van der Waals surface area (Å²) >= 11 is 3.21. The fraction of sp³-hybridized carbons (Fsp3) is 0. The Morgan fingerprint density at radius 1 is 0.727 bits per heavy atom. The molecular weight excluding hydrogens is 316 g/mol. The maximum Gasteiger partial charge on any atom is 0.237 e. The Labute approximate surface area is 132 Å². The van der Waals surface area contributed by atoms with E-state index >= 15 is 0 Å². The van der Waals surface area contributed by atoms with Gasteiger partial charge in [-0.25, -0.2) is 9.97 Å². The Kier molecular flexibility index (Phi) is 2.50. The minimum Gasteiger partial charge on any atom is -0.435 e. The molecule has 0 saturated heterocycles. The van der Waals surface area contributed by atoms with Gasteiger partial charge in [0.25, 0.3) is 0 Å². The van der Waals surface area contributed by atoms with Gasteiger partial charge in [-0.05, 0) is 22.9 Å². The van der Waals surface area contributed by atoms with Gasteiger partial charge < -0.3 is 8.83 Å². The summed E-state index contributed by atoms with van der Waals surface area (Å²) in [5.74, 6) is 1.27. The molecule has 1 aromatic carbocycles. The Hall–Kier alpha value is -2.44. The van der Waals surface area contributed by atoms with Gasteiger partial charge in [0, 0.05) is 12.1 Å². The van der Waals surface area contributed by atoms with Crippen LogP contribution in [0.5, 0.6) is 0 Å². The summed E-state index contributed by atoms with van der Waals surface area (Å²) in [6.45, 7) is 0. The van der Waals surface area contributed by atoms with E-state index in [1.54, 1.807) is 22.7 Å². The molecule has 0 amide bonds. The van der Waals surface area contributed by atoms with Gasteiger partial charge in [0.15, 0.2) is 11.2 Å². The zero-order chi connectivity index (χ0) is 14.5. The van der Waals surface area contributed by atoms with Gasteiger partial charge >= 0.3 is 0 Å². The molecule has 0 N–H and O–H groups in total. The van der Waals surface area contributed by atoms with Crippen molar-refractivity contribution in [2.45, 2.75) is 0 Å². The third kappa shape index (κ3) is 1.81. The summed E-state index contributed by atoms with van der Waals surface area (Å²) in [6, 6.07) is 11.7. The lowest BCUT2D eigenvalue weighted by Crippen LogP contribution is -1.71. The molecule has 0 atom stereocenters. The summed E-state index contributed by atoms with van der Waals surface area (Å²) in [5, 5.41) is 4.01. The summed E-state index contributed by atoms with van der Waals surface area (Å²) in [7, 11) is 0. The van der Waals surface area contributed by atoms with E-state index in [9.17, 15) is 0 Å². The van der Waals surface area contributed by atoms with E-state index in [4.69, 9.17) is 8.83 Å².